The lowest BCUT2D eigenvalue weighted by atomic mass is 10.1. The van der Waals surface area contributed by atoms with Crippen molar-refractivity contribution in [3.05, 3.63) is 35.9 Å². The number of hydrogen-bond donors (Lipinski definition) is 8. The Morgan fingerprint density at radius 2 is 1.60 bits per heavy atom. The van der Waals surface area contributed by atoms with Gasteiger partial charge in [-0.1, -0.05) is 30.3 Å². The molecular formula is C21H32N8O6. The maximum absolute atomic E-state index is 12.6. The van der Waals surface area contributed by atoms with Crippen LogP contribution in [-0.2, 0) is 30.4 Å². The molecule has 0 bridgehead atoms. The number of nitrogens with zero attached hydrogens (tertiary/aromatic N) is 1. The number of nitrogens with two attached hydrogens (primary N) is 4. The highest BCUT2D eigenvalue weighted by atomic mass is 16.4. The lowest BCUT2D eigenvalue weighted by molar-refractivity contribution is -0.143. The highest BCUT2D eigenvalue weighted by molar-refractivity contribution is 5.93. The number of rotatable bonds is 15. The largest absolute Gasteiger partial charge is 0.480 e. The summed E-state index contributed by atoms with van der Waals surface area (Å²) in [4.78, 5) is 63.4. The van der Waals surface area contributed by atoms with Crippen molar-refractivity contribution in [2.24, 2.45) is 27.9 Å². The third kappa shape index (κ3) is 12.0. The van der Waals surface area contributed by atoms with E-state index in [4.69, 9.17) is 22.9 Å². The molecule has 0 fully saturated rings. The van der Waals surface area contributed by atoms with Crippen LogP contribution in [0.4, 0.5) is 0 Å². The van der Waals surface area contributed by atoms with E-state index in [1.165, 1.54) is 0 Å². The van der Waals surface area contributed by atoms with Gasteiger partial charge in [0.25, 0.3) is 0 Å². The fourth-order valence-corrected chi connectivity index (χ4v) is 2.95. The van der Waals surface area contributed by atoms with Crippen molar-refractivity contribution in [1.82, 2.24) is 16.0 Å². The molecule has 4 amide bonds. The second kappa shape index (κ2) is 14.8. The van der Waals surface area contributed by atoms with Crippen LogP contribution in [0.15, 0.2) is 35.3 Å². The number of amides is 4. The molecule has 14 nitrogen and oxygen atoms in total. The molecule has 0 heterocycles. The van der Waals surface area contributed by atoms with Gasteiger partial charge in [-0.3, -0.25) is 24.2 Å². The first-order chi connectivity index (χ1) is 16.5. The predicted octanol–water partition coefficient (Wildman–Crippen LogP) is -3.34. The molecular weight excluding hydrogens is 460 g/mol. The summed E-state index contributed by atoms with van der Waals surface area (Å²) < 4.78 is 0. The Hall–Kier alpha value is -4.20. The fraction of sp³-hybridized carbons (Fsp3) is 0.429. The molecule has 1 rings (SSSR count). The van der Waals surface area contributed by atoms with Gasteiger partial charge in [-0.25, -0.2) is 4.79 Å². The van der Waals surface area contributed by atoms with Crippen molar-refractivity contribution in [3.63, 3.8) is 0 Å². The second-order valence-electron chi connectivity index (χ2n) is 7.65. The summed E-state index contributed by atoms with van der Waals surface area (Å²) >= 11 is 0. The summed E-state index contributed by atoms with van der Waals surface area (Å²) in [7, 11) is 0. The van der Waals surface area contributed by atoms with Gasteiger partial charge in [0.05, 0.1) is 19.0 Å². The molecule has 35 heavy (non-hydrogen) atoms. The molecule has 0 saturated carbocycles. The van der Waals surface area contributed by atoms with E-state index in [-0.39, 0.29) is 31.8 Å². The number of benzene rings is 1. The Balaban J connectivity index is 2.72. The third-order valence-corrected chi connectivity index (χ3v) is 4.68. The highest BCUT2D eigenvalue weighted by Gasteiger charge is 2.27. The Morgan fingerprint density at radius 1 is 0.943 bits per heavy atom. The Labute approximate surface area is 201 Å². The molecule has 0 aliphatic carbocycles. The SMILES string of the molecule is NC(=O)CC(NC(=O)C(CCCN=C(N)N)NC(=O)CNC(=O)C(N)Cc1ccccc1)C(=O)O. The molecule has 0 aliphatic heterocycles. The first-order valence-electron chi connectivity index (χ1n) is 10.7. The standard InChI is InChI=1S/C21H32N8O6/c22-13(9-12-5-2-1-3-6-12)18(32)27-11-17(31)28-14(7-4-8-26-21(24)25)19(33)29-15(20(34)35)10-16(23)30/h1-3,5-6,13-15H,4,7-11,22H2,(H2,23,30)(H,27,32)(H,28,31)(H,29,33)(H,34,35)(H4,24,25,26). The fourth-order valence-electron chi connectivity index (χ4n) is 2.95. The summed E-state index contributed by atoms with van der Waals surface area (Å²) in [5.41, 5.74) is 22.3. The number of carboxylic acids is 1. The molecule has 14 heteroatoms. The van der Waals surface area contributed by atoms with E-state index in [9.17, 15) is 29.1 Å². The van der Waals surface area contributed by atoms with Gasteiger partial charge in [0.2, 0.25) is 23.6 Å². The number of hydrogen-bond acceptors (Lipinski definition) is 7. The quantitative estimate of drug-likeness (QED) is 0.0690. The van der Waals surface area contributed by atoms with Gasteiger partial charge in [-0.2, -0.15) is 0 Å². The van der Waals surface area contributed by atoms with Gasteiger partial charge in [-0.05, 0) is 24.8 Å². The lowest BCUT2D eigenvalue weighted by Gasteiger charge is -2.21. The second-order valence-corrected chi connectivity index (χ2v) is 7.65. The van der Waals surface area contributed by atoms with Crippen LogP contribution >= 0.6 is 0 Å². The van der Waals surface area contributed by atoms with Gasteiger partial charge < -0.3 is 44.0 Å². The minimum atomic E-state index is -1.58. The lowest BCUT2D eigenvalue weighted by Crippen LogP contribution is -2.54. The number of nitrogens with one attached hydrogen (secondary N) is 3. The molecule has 0 radical (unpaired) electrons. The van der Waals surface area contributed by atoms with Crippen LogP contribution in [0.1, 0.15) is 24.8 Å². The molecule has 0 aromatic heterocycles. The molecule has 3 unspecified atom stereocenters. The minimum Gasteiger partial charge on any atom is -0.480 e. The van der Waals surface area contributed by atoms with Gasteiger partial charge >= 0.3 is 5.97 Å². The summed E-state index contributed by atoms with van der Waals surface area (Å²) in [6.07, 6.45) is -0.0669. The maximum Gasteiger partial charge on any atom is 0.326 e. The van der Waals surface area contributed by atoms with Crippen molar-refractivity contribution in [1.29, 1.82) is 0 Å². The van der Waals surface area contributed by atoms with Crippen LogP contribution in [0.2, 0.25) is 0 Å². The normalized spacial score (nSPS) is 12.9. The Kier molecular flexibility index (Phi) is 12.2. The first-order valence-corrected chi connectivity index (χ1v) is 10.7. The van der Waals surface area contributed by atoms with E-state index in [2.05, 4.69) is 20.9 Å². The average molecular weight is 493 g/mol. The topological polar surface area (TPSA) is 258 Å². The average Bonchev–Trinajstić information content (AvgIpc) is 2.78. The summed E-state index contributed by atoms with van der Waals surface area (Å²) in [5.74, 6) is -4.69. The van der Waals surface area contributed by atoms with Crippen molar-refractivity contribution >= 4 is 35.6 Å². The van der Waals surface area contributed by atoms with Crippen molar-refractivity contribution in [2.45, 2.75) is 43.8 Å². The van der Waals surface area contributed by atoms with Crippen molar-refractivity contribution in [3.8, 4) is 0 Å². The number of guanidine groups is 1. The van der Waals surface area contributed by atoms with Crippen LogP contribution in [0, 0.1) is 0 Å². The van der Waals surface area contributed by atoms with Crippen LogP contribution in [0.3, 0.4) is 0 Å². The smallest absolute Gasteiger partial charge is 0.326 e. The van der Waals surface area contributed by atoms with E-state index >= 15 is 0 Å². The third-order valence-electron chi connectivity index (χ3n) is 4.68. The maximum atomic E-state index is 12.6. The van der Waals surface area contributed by atoms with Crippen molar-refractivity contribution < 1.29 is 29.1 Å². The summed E-state index contributed by atoms with van der Waals surface area (Å²) in [5, 5.41) is 16.2. The monoisotopic (exact) mass is 492 g/mol. The van der Waals surface area contributed by atoms with Gasteiger partial charge in [-0.15, -0.1) is 0 Å². The molecule has 0 aliphatic rings. The predicted molar refractivity (Wildman–Crippen MR) is 126 cm³/mol. The van der Waals surface area contributed by atoms with E-state index in [1.807, 2.05) is 30.3 Å². The number of primary amides is 1. The van der Waals surface area contributed by atoms with E-state index in [1.54, 1.807) is 0 Å². The molecule has 0 saturated heterocycles. The molecule has 1 aromatic carbocycles. The zero-order valence-corrected chi connectivity index (χ0v) is 19.1. The van der Waals surface area contributed by atoms with E-state index in [0.29, 0.717) is 0 Å². The number of carbonyl (C=O) groups excluding carboxylic acids is 4. The minimum absolute atomic E-state index is 0.0404. The number of aliphatic imine (C=N–C) groups is 1. The molecule has 0 spiro atoms. The van der Waals surface area contributed by atoms with Gasteiger partial charge in [0, 0.05) is 6.54 Å². The zero-order chi connectivity index (χ0) is 26.4. The van der Waals surface area contributed by atoms with Crippen molar-refractivity contribution in [2.75, 3.05) is 13.1 Å². The molecule has 192 valence electrons. The van der Waals surface area contributed by atoms with Gasteiger partial charge in [0.1, 0.15) is 12.1 Å². The summed E-state index contributed by atoms with van der Waals surface area (Å²) in [6, 6.07) is 5.41. The highest BCUT2D eigenvalue weighted by Crippen LogP contribution is 2.03. The Morgan fingerprint density at radius 3 is 2.17 bits per heavy atom. The number of carboxylic acid groups (broad SMARTS) is 1. The van der Waals surface area contributed by atoms with Crippen LogP contribution in [0.5, 0.6) is 0 Å². The molecule has 1 aromatic rings. The van der Waals surface area contributed by atoms with E-state index < -0.39 is 60.7 Å². The number of aliphatic carboxylic acids is 1. The summed E-state index contributed by atoms with van der Waals surface area (Å²) in [6.45, 7) is -0.320. The van der Waals surface area contributed by atoms with Crippen LogP contribution in [-0.4, -0.2) is 71.9 Å². The Bertz CT molecular complexity index is 920. The van der Waals surface area contributed by atoms with Crippen LogP contribution in [0.25, 0.3) is 0 Å². The zero-order valence-electron chi connectivity index (χ0n) is 19.1. The van der Waals surface area contributed by atoms with Crippen LogP contribution < -0.4 is 38.9 Å². The van der Waals surface area contributed by atoms with E-state index in [0.717, 1.165) is 5.56 Å². The first kappa shape index (κ1) is 28.8. The number of carbonyl (C=O) groups is 5. The molecule has 3 atom stereocenters. The van der Waals surface area contributed by atoms with Gasteiger partial charge in [0.15, 0.2) is 5.96 Å². The molecule has 12 N–H and O–H groups in total.